The van der Waals surface area contributed by atoms with Gasteiger partial charge in [-0.05, 0) is 36.2 Å². The zero-order valence-electron chi connectivity index (χ0n) is 16.8. The van der Waals surface area contributed by atoms with Gasteiger partial charge in [-0.1, -0.05) is 30.3 Å². The first kappa shape index (κ1) is 19.7. The average Bonchev–Trinajstić information content (AvgIpc) is 3.24. The SMILES string of the molecule is O=S(=O)(c1cccnc1)N1CCC2(C1)Nc1cccnc1NC2=NCc1ccccc1. The molecule has 1 aromatic carbocycles. The van der Waals surface area contributed by atoms with Gasteiger partial charge >= 0.3 is 0 Å². The Kier molecular flexibility index (Phi) is 4.91. The van der Waals surface area contributed by atoms with E-state index in [1.807, 2.05) is 42.5 Å². The number of nitrogens with one attached hydrogen (secondary N) is 2. The number of amidine groups is 1. The van der Waals surface area contributed by atoms with Gasteiger partial charge in [0.25, 0.3) is 0 Å². The van der Waals surface area contributed by atoms with Crippen LogP contribution >= 0.6 is 0 Å². The van der Waals surface area contributed by atoms with E-state index in [1.54, 1.807) is 24.5 Å². The fraction of sp³-hybridized carbons (Fsp3) is 0.227. The van der Waals surface area contributed by atoms with Crippen LogP contribution in [-0.2, 0) is 16.6 Å². The van der Waals surface area contributed by atoms with Gasteiger partial charge in [0.2, 0.25) is 10.0 Å². The minimum absolute atomic E-state index is 0.195. The third-order valence-electron chi connectivity index (χ3n) is 5.64. The molecule has 2 aliphatic rings. The zero-order valence-corrected chi connectivity index (χ0v) is 17.6. The molecule has 0 amide bonds. The number of aliphatic imine (C=N–C) groups is 1. The van der Waals surface area contributed by atoms with Crippen LogP contribution in [0.15, 0.2) is 83.1 Å². The van der Waals surface area contributed by atoms with Crippen LogP contribution in [0.4, 0.5) is 11.5 Å². The largest absolute Gasteiger partial charge is 0.369 e. The molecule has 9 heteroatoms. The van der Waals surface area contributed by atoms with Gasteiger partial charge in [0.1, 0.15) is 16.3 Å². The van der Waals surface area contributed by atoms with Gasteiger partial charge in [0.15, 0.2) is 5.82 Å². The fourth-order valence-electron chi connectivity index (χ4n) is 4.02. The topological polar surface area (TPSA) is 99.6 Å². The number of pyridine rings is 2. The number of hydrogen-bond donors (Lipinski definition) is 2. The molecule has 1 fully saturated rings. The Morgan fingerprint density at radius 1 is 1.06 bits per heavy atom. The van der Waals surface area contributed by atoms with E-state index in [0.717, 1.165) is 11.3 Å². The number of sulfonamides is 1. The van der Waals surface area contributed by atoms with Crippen molar-refractivity contribution in [2.75, 3.05) is 23.7 Å². The van der Waals surface area contributed by atoms with Crippen LogP contribution < -0.4 is 10.6 Å². The average molecular weight is 435 g/mol. The molecule has 0 bridgehead atoms. The summed E-state index contributed by atoms with van der Waals surface area (Å²) in [6.45, 7) is 1.13. The van der Waals surface area contributed by atoms with E-state index < -0.39 is 15.6 Å². The summed E-state index contributed by atoms with van der Waals surface area (Å²) in [5.74, 6) is 1.39. The minimum Gasteiger partial charge on any atom is -0.369 e. The molecule has 5 rings (SSSR count). The van der Waals surface area contributed by atoms with Crippen molar-refractivity contribution in [3.05, 3.63) is 78.8 Å². The van der Waals surface area contributed by atoms with Crippen LogP contribution in [0, 0.1) is 0 Å². The van der Waals surface area contributed by atoms with E-state index >= 15 is 0 Å². The molecule has 0 aliphatic carbocycles. The van der Waals surface area contributed by atoms with Crippen LogP contribution in [0.5, 0.6) is 0 Å². The van der Waals surface area contributed by atoms with Crippen molar-refractivity contribution in [1.82, 2.24) is 14.3 Å². The van der Waals surface area contributed by atoms with Crippen LogP contribution in [0.1, 0.15) is 12.0 Å². The quantitative estimate of drug-likeness (QED) is 0.655. The molecule has 1 spiro atoms. The number of hydrogen-bond acceptors (Lipinski definition) is 6. The molecule has 8 nitrogen and oxygen atoms in total. The third kappa shape index (κ3) is 3.66. The van der Waals surface area contributed by atoms with Crippen LogP contribution in [-0.4, -0.2) is 47.2 Å². The van der Waals surface area contributed by atoms with Crippen molar-refractivity contribution in [2.24, 2.45) is 4.99 Å². The Hall–Kier alpha value is -3.30. The smallest absolute Gasteiger partial charge is 0.244 e. The highest BCUT2D eigenvalue weighted by molar-refractivity contribution is 7.89. The van der Waals surface area contributed by atoms with E-state index in [0.29, 0.717) is 31.2 Å². The molecule has 2 aromatic heterocycles. The highest BCUT2D eigenvalue weighted by Crippen LogP contribution is 2.37. The van der Waals surface area contributed by atoms with E-state index in [1.165, 1.54) is 10.5 Å². The molecule has 0 saturated carbocycles. The first-order valence-electron chi connectivity index (χ1n) is 10.1. The maximum Gasteiger partial charge on any atom is 0.244 e. The number of fused-ring (bicyclic) bond motifs is 1. The molecule has 3 aromatic rings. The summed E-state index contributed by atoms with van der Waals surface area (Å²) in [5.41, 5.74) is 1.26. The lowest BCUT2D eigenvalue weighted by molar-refractivity contribution is 0.467. The zero-order chi connectivity index (χ0) is 21.3. The number of aromatic nitrogens is 2. The number of nitrogens with zero attached hydrogens (tertiary/aromatic N) is 4. The molecule has 31 heavy (non-hydrogen) atoms. The Bertz CT molecular complexity index is 1220. The summed E-state index contributed by atoms with van der Waals surface area (Å²) in [6, 6.07) is 17.0. The number of rotatable bonds is 4. The minimum atomic E-state index is -3.65. The second-order valence-electron chi connectivity index (χ2n) is 7.66. The van der Waals surface area contributed by atoms with Gasteiger partial charge in [0.05, 0.1) is 12.2 Å². The lowest BCUT2D eigenvalue weighted by Gasteiger charge is -2.38. The summed E-state index contributed by atoms with van der Waals surface area (Å²) < 4.78 is 27.9. The maximum atomic E-state index is 13.2. The standard InChI is InChI=1S/C22H22N6O2S/c29-31(30,18-8-4-11-23-15-18)28-13-10-22(16-28)21(25-14-17-6-2-1-3-7-17)26-20-19(27-22)9-5-12-24-20/h1-9,11-12,15,27H,10,13-14,16H2,(H,24,25,26). The van der Waals surface area contributed by atoms with Crippen LogP contribution in [0.25, 0.3) is 0 Å². The second-order valence-corrected chi connectivity index (χ2v) is 9.60. The van der Waals surface area contributed by atoms with Crippen LogP contribution in [0.2, 0.25) is 0 Å². The maximum absolute atomic E-state index is 13.2. The molecule has 158 valence electrons. The molecule has 1 unspecified atom stereocenters. The second kappa shape index (κ2) is 7.75. The molecular formula is C22H22N6O2S. The number of anilines is 2. The molecule has 1 atom stereocenters. The van der Waals surface area contributed by atoms with Crippen molar-refractivity contribution in [2.45, 2.75) is 23.4 Å². The molecule has 2 aliphatic heterocycles. The lowest BCUT2D eigenvalue weighted by atomic mass is 9.94. The predicted octanol–water partition coefficient (Wildman–Crippen LogP) is 2.75. The summed E-state index contributed by atoms with van der Waals surface area (Å²) in [4.78, 5) is 13.4. The summed E-state index contributed by atoms with van der Waals surface area (Å²) in [7, 11) is -3.65. The molecular weight excluding hydrogens is 412 g/mol. The lowest BCUT2D eigenvalue weighted by Crippen LogP contribution is -2.55. The Labute approximate surface area is 181 Å². The van der Waals surface area contributed by atoms with Crippen molar-refractivity contribution < 1.29 is 8.42 Å². The summed E-state index contributed by atoms with van der Waals surface area (Å²) in [5, 5.41) is 6.89. The number of benzene rings is 1. The predicted molar refractivity (Wildman–Crippen MR) is 119 cm³/mol. The molecule has 4 heterocycles. The molecule has 2 N–H and O–H groups in total. The highest BCUT2D eigenvalue weighted by atomic mass is 32.2. The Morgan fingerprint density at radius 2 is 1.90 bits per heavy atom. The highest BCUT2D eigenvalue weighted by Gasteiger charge is 2.49. The van der Waals surface area contributed by atoms with Gasteiger partial charge in [-0.25, -0.2) is 13.4 Å². The summed E-state index contributed by atoms with van der Waals surface area (Å²) in [6.07, 6.45) is 5.25. The van der Waals surface area contributed by atoms with Gasteiger partial charge in [-0.2, -0.15) is 4.31 Å². The van der Waals surface area contributed by atoms with Gasteiger partial charge in [-0.3, -0.25) is 9.98 Å². The van der Waals surface area contributed by atoms with Crippen molar-refractivity contribution in [1.29, 1.82) is 0 Å². The van der Waals surface area contributed by atoms with Crippen molar-refractivity contribution >= 4 is 27.4 Å². The van der Waals surface area contributed by atoms with Gasteiger partial charge < -0.3 is 10.6 Å². The molecule has 0 radical (unpaired) electrons. The van der Waals surface area contributed by atoms with Crippen LogP contribution in [0.3, 0.4) is 0 Å². The summed E-state index contributed by atoms with van der Waals surface area (Å²) >= 11 is 0. The first-order chi connectivity index (χ1) is 15.1. The van der Waals surface area contributed by atoms with Gasteiger partial charge in [-0.15, -0.1) is 0 Å². The Morgan fingerprint density at radius 3 is 2.71 bits per heavy atom. The van der Waals surface area contributed by atoms with Crippen molar-refractivity contribution in [3.63, 3.8) is 0 Å². The van der Waals surface area contributed by atoms with E-state index in [-0.39, 0.29) is 11.4 Å². The van der Waals surface area contributed by atoms with E-state index in [9.17, 15) is 8.42 Å². The van der Waals surface area contributed by atoms with E-state index in [2.05, 4.69) is 20.6 Å². The first-order valence-corrected chi connectivity index (χ1v) is 11.5. The van der Waals surface area contributed by atoms with Gasteiger partial charge in [0, 0.05) is 31.7 Å². The van der Waals surface area contributed by atoms with E-state index in [4.69, 9.17) is 4.99 Å². The molecule has 1 saturated heterocycles. The monoisotopic (exact) mass is 434 g/mol. The Balaban J connectivity index is 1.49. The normalized spacial score (nSPS) is 22.1. The van der Waals surface area contributed by atoms with Crippen molar-refractivity contribution in [3.8, 4) is 0 Å². The third-order valence-corrected chi connectivity index (χ3v) is 7.47. The fourth-order valence-corrected chi connectivity index (χ4v) is 5.49.